The first kappa shape index (κ1) is 23.6. The number of halogens is 4. The summed E-state index contributed by atoms with van der Waals surface area (Å²) in [4.78, 5) is 19.8. The molecule has 4 bridgehead atoms. The number of carbonyl (C=O) groups is 1. The topological polar surface area (TPSA) is 59.7 Å². The second-order valence-corrected chi connectivity index (χ2v) is 11.0. The zero-order chi connectivity index (χ0) is 25.4. The third-order valence-electron chi connectivity index (χ3n) is 8.41. The fourth-order valence-corrected chi connectivity index (χ4v) is 7.35. The predicted octanol–water partition coefficient (Wildman–Crippen LogP) is 6.12. The molecule has 4 aliphatic carbocycles. The Morgan fingerprint density at radius 2 is 1.78 bits per heavy atom. The largest absolute Gasteiger partial charge is 0.497 e. The van der Waals surface area contributed by atoms with Gasteiger partial charge in [0.2, 0.25) is 0 Å². The number of aromatic nitrogens is 3. The van der Waals surface area contributed by atoms with Crippen LogP contribution in [-0.2, 0) is 6.18 Å². The molecule has 7 rings (SSSR count). The third kappa shape index (κ3) is 3.66. The molecular formula is C26H26ClF3N4O2. The van der Waals surface area contributed by atoms with Gasteiger partial charge in [-0.1, -0.05) is 23.7 Å². The van der Waals surface area contributed by atoms with Crippen LogP contribution in [0.15, 0.2) is 30.3 Å². The molecule has 2 heterocycles. The number of carbonyl (C=O) groups excluding carboxylic acids is 1. The zero-order valence-corrected chi connectivity index (χ0v) is 20.7. The van der Waals surface area contributed by atoms with Crippen LogP contribution < -0.4 is 4.74 Å². The summed E-state index contributed by atoms with van der Waals surface area (Å²) in [5.41, 5.74) is -1.25. The molecular weight excluding hydrogens is 493 g/mol. The Morgan fingerprint density at radius 3 is 2.36 bits per heavy atom. The van der Waals surface area contributed by atoms with E-state index in [4.69, 9.17) is 16.3 Å². The van der Waals surface area contributed by atoms with Crippen molar-refractivity contribution in [1.82, 2.24) is 19.5 Å². The lowest BCUT2D eigenvalue weighted by Gasteiger charge is -2.59. The van der Waals surface area contributed by atoms with Gasteiger partial charge < -0.3 is 9.64 Å². The second kappa shape index (κ2) is 8.10. The van der Waals surface area contributed by atoms with E-state index >= 15 is 0 Å². The number of nitrogens with zero attached hydrogens (tertiary/aromatic N) is 4. The van der Waals surface area contributed by atoms with Gasteiger partial charge in [0.25, 0.3) is 5.91 Å². The van der Waals surface area contributed by atoms with Crippen LogP contribution in [0.3, 0.4) is 0 Å². The molecule has 36 heavy (non-hydrogen) atoms. The van der Waals surface area contributed by atoms with Crippen molar-refractivity contribution >= 4 is 23.2 Å². The number of ether oxygens (including phenoxy) is 1. The summed E-state index contributed by atoms with van der Waals surface area (Å²) in [6.07, 6.45) is 1.68. The van der Waals surface area contributed by atoms with Crippen LogP contribution in [0.25, 0.3) is 16.9 Å². The standard InChI is InChI=1S/C26H26ClF3N4O2/c1-33(25-11-14-6-15(12-25)8-16(7-14)13-25)24(35)22-21(27)23-31-19(17-4-3-5-18(9-17)36-2)10-20(26(28,29)30)34(23)32-22/h3-5,9-10,14-16H,6-8,11-13H2,1-2H3. The summed E-state index contributed by atoms with van der Waals surface area (Å²) in [6.45, 7) is 0. The van der Waals surface area contributed by atoms with Crippen molar-refractivity contribution in [3.63, 3.8) is 0 Å². The van der Waals surface area contributed by atoms with Gasteiger partial charge in [-0.15, -0.1) is 0 Å². The molecule has 3 aromatic rings. The van der Waals surface area contributed by atoms with Gasteiger partial charge in [-0.3, -0.25) is 4.79 Å². The first-order valence-electron chi connectivity index (χ1n) is 12.2. The number of methoxy groups -OCH3 is 1. The molecule has 0 atom stereocenters. The molecule has 0 aliphatic heterocycles. The predicted molar refractivity (Wildman–Crippen MR) is 128 cm³/mol. The molecule has 6 nitrogen and oxygen atoms in total. The summed E-state index contributed by atoms with van der Waals surface area (Å²) in [6, 6.07) is 7.51. The van der Waals surface area contributed by atoms with Gasteiger partial charge >= 0.3 is 6.18 Å². The molecule has 4 saturated carbocycles. The van der Waals surface area contributed by atoms with Gasteiger partial charge in [-0.2, -0.15) is 18.3 Å². The zero-order valence-electron chi connectivity index (χ0n) is 20.0. The highest BCUT2D eigenvalue weighted by Crippen LogP contribution is 2.57. The fraction of sp³-hybridized carbons (Fsp3) is 0.500. The summed E-state index contributed by atoms with van der Waals surface area (Å²) in [7, 11) is 3.22. The van der Waals surface area contributed by atoms with E-state index < -0.39 is 17.8 Å². The average molecular weight is 519 g/mol. The Morgan fingerprint density at radius 1 is 1.14 bits per heavy atom. The highest BCUT2D eigenvalue weighted by molar-refractivity contribution is 6.36. The molecule has 10 heteroatoms. The van der Waals surface area contributed by atoms with Gasteiger partial charge in [-0.05, 0) is 74.5 Å². The Bertz CT molecular complexity index is 1330. The van der Waals surface area contributed by atoms with E-state index in [0.717, 1.165) is 25.3 Å². The van der Waals surface area contributed by atoms with Gasteiger partial charge in [0.1, 0.15) is 10.8 Å². The highest BCUT2D eigenvalue weighted by atomic mass is 35.5. The molecule has 0 radical (unpaired) electrons. The maximum Gasteiger partial charge on any atom is 0.433 e. The Labute approximate surface area is 211 Å². The SMILES string of the molecule is COc1cccc(-c2cc(C(F)(F)F)n3nc(C(=O)N(C)C45CC6CC(CC(C6)C4)C5)c(Cl)c3n2)c1. The fourth-order valence-electron chi connectivity index (χ4n) is 7.11. The van der Waals surface area contributed by atoms with E-state index in [0.29, 0.717) is 33.6 Å². The normalized spacial score (nSPS) is 27.0. The van der Waals surface area contributed by atoms with Crippen molar-refractivity contribution in [1.29, 1.82) is 0 Å². The van der Waals surface area contributed by atoms with Gasteiger partial charge in [0.05, 0.1) is 12.8 Å². The van der Waals surface area contributed by atoms with Crippen molar-refractivity contribution in [3.05, 3.63) is 46.7 Å². The van der Waals surface area contributed by atoms with E-state index in [1.54, 1.807) is 36.2 Å². The maximum absolute atomic E-state index is 14.1. The van der Waals surface area contributed by atoms with Crippen molar-refractivity contribution in [2.75, 3.05) is 14.2 Å². The summed E-state index contributed by atoms with van der Waals surface area (Å²) >= 11 is 6.56. The van der Waals surface area contributed by atoms with E-state index in [9.17, 15) is 18.0 Å². The average Bonchev–Trinajstić information content (AvgIpc) is 3.17. The number of alkyl halides is 3. The monoisotopic (exact) mass is 518 g/mol. The number of amides is 1. The molecule has 4 fully saturated rings. The highest BCUT2D eigenvalue weighted by Gasteiger charge is 2.54. The minimum atomic E-state index is -4.74. The van der Waals surface area contributed by atoms with Gasteiger partial charge in [-0.25, -0.2) is 9.50 Å². The van der Waals surface area contributed by atoms with Gasteiger partial charge in [0, 0.05) is 18.2 Å². The second-order valence-electron chi connectivity index (χ2n) is 10.7. The van der Waals surface area contributed by atoms with E-state index in [1.165, 1.54) is 26.4 Å². The minimum absolute atomic E-state index is 0.0592. The smallest absolute Gasteiger partial charge is 0.433 e. The van der Waals surface area contributed by atoms with Crippen LogP contribution >= 0.6 is 11.6 Å². The minimum Gasteiger partial charge on any atom is -0.497 e. The molecule has 1 aromatic carbocycles. The molecule has 0 saturated heterocycles. The van der Waals surface area contributed by atoms with Crippen molar-refractivity contribution in [2.45, 2.75) is 50.2 Å². The molecule has 2 aromatic heterocycles. The lowest BCUT2D eigenvalue weighted by molar-refractivity contribution is -0.142. The molecule has 0 spiro atoms. The number of rotatable bonds is 4. The Balaban J connectivity index is 1.44. The molecule has 0 unspecified atom stereocenters. The summed E-state index contributed by atoms with van der Waals surface area (Å²) in [5.74, 6) is 1.84. The van der Waals surface area contributed by atoms with Gasteiger partial charge in [0.15, 0.2) is 17.0 Å². The number of benzene rings is 1. The lowest BCUT2D eigenvalue weighted by Crippen LogP contribution is -2.60. The van der Waals surface area contributed by atoms with Crippen molar-refractivity contribution < 1.29 is 22.7 Å². The maximum atomic E-state index is 14.1. The molecule has 190 valence electrons. The first-order valence-corrected chi connectivity index (χ1v) is 12.5. The molecule has 0 N–H and O–H groups in total. The van der Waals surface area contributed by atoms with Crippen LogP contribution in [0.4, 0.5) is 13.2 Å². The first-order chi connectivity index (χ1) is 17.1. The number of hydrogen-bond donors (Lipinski definition) is 0. The quantitative estimate of drug-likeness (QED) is 0.417. The molecule has 4 aliphatic rings. The van der Waals surface area contributed by atoms with E-state index in [1.807, 2.05) is 0 Å². The Hall–Kier alpha value is -2.81. The number of hydrogen-bond acceptors (Lipinski definition) is 4. The van der Waals surface area contributed by atoms with Crippen LogP contribution in [0.2, 0.25) is 5.02 Å². The third-order valence-corrected chi connectivity index (χ3v) is 8.76. The van der Waals surface area contributed by atoms with E-state index in [2.05, 4.69) is 10.1 Å². The van der Waals surface area contributed by atoms with Crippen molar-refractivity contribution in [3.8, 4) is 17.0 Å². The van der Waals surface area contributed by atoms with E-state index in [-0.39, 0.29) is 27.6 Å². The van der Waals surface area contributed by atoms with Crippen LogP contribution in [-0.4, -0.2) is 45.1 Å². The Kier molecular flexibility index (Phi) is 5.30. The van der Waals surface area contributed by atoms with Crippen LogP contribution in [0.5, 0.6) is 5.75 Å². The summed E-state index contributed by atoms with van der Waals surface area (Å²) < 4.78 is 48.2. The summed E-state index contributed by atoms with van der Waals surface area (Å²) in [5, 5.41) is 3.91. The number of fused-ring (bicyclic) bond motifs is 1. The van der Waals surface area contributed by atoms with Crippen LogP contribution in [0, 0.1) is 17.8 Å². The molecule has 1 amide bonds. The van der Waals surface area contributed by atoms with Crippen LogP contribution in [0.1, 0.15) is 54.7 Å². The van der Waals surface area contributed by atoms with Crippen molar-refractivity contribution in [2.24, 2.45) is 17.8 Å². The lowest BCUT2D eigenvalue weighted by atomic mass is 9.52.